The lowest BCUT2D eigenvalue weighted by Gasteiger charge is -2.43. The number of nitrogens with one attached hydrogen (secondary N) is 1. The average molecular weight is 442 g/mol. The fourth-order valence-corrected chi connectivity index (χ4v) is 6.18. The lowest BCUT2D eigenvalue weighted by Crippen LogP contribution is -2.63. The molecule has 2 aliphatic carbocycles. The number of rotatable bonds is 8. The highest BCUT2D eigenvalue weighted by Gasteiger charge is 2.50. The van der Waals surface area contributed by atoms with Gasteiger partial charge >= 0.3 is 0 Å². The van der Waals surface area contributed by atoms with E-state index in [4.69, 9.17) is 10.5 Å². The zero-order valence-electron chi connectivity index (χ0n) is 19.6. The topological polar surface area (TPSA) is 84.7 Å². The first-order valence-electron chi connectivity index (χ1n) is 12.4. The van der Waals surface area contributed by atoms with Crippen LogP contribution in [0.3, 0.4) is 0 Å². The van der Waals surface area contributed by atoms with Crippen LogP contribution >= 0.6 is 0 Å². The maximum absolute atomic E-state index is 14.0. The molecule has 32 heavy (non-hydrogen) atoms. The van der Waals surface area contributed by atoms with Crippen molar-refractivity contribution in [3.05, 3.63) is 35.4 Å². The normalized spacial score (nSPS) is 24.8. The second-order valence-corrected chi connectivity index (χ2v) is 10.2. The highest BCUT2D eigenvalue weighted by molar-refractivity contribution is 5.93. The van der Waals surface area contributed by atoms with Crippen LogP contribution in [0, 0.1) is 11.8 Å². The fraction of sp³-hybridized carbons (Fsp3) is 0.692. The summed E-state index contributed by atoms with van der Waals surface area (Å²) >= 11 is 0. The van der Waals surface area contributed by atoms with Gasteiger partial charge in [0.1, 0.15) is 5.54 Å². The van der Waals surface area contributed by atoms with Crippen LogP contribution in [0.4, 0.5) is 0 Å². The lowest BCUT2D eigenvalue weighted by atomic mass is 9.69. The van der Waals surface area contributed by atoms with Gasteiger partial charge in [-0.2, -0.15) is 0 Å². The van der Waals surface area contributed by atoms with E-state index in [0.29, 0.717) is 6.61 Å². The molecule has 0 aromatic heterocycles. The minimum atomic E-state index is -1.04. The quantitative estimate of drug-likeness (QED) is 0.650. The van der Waals surface area contributed by atoms with Crippen molar-refractivity contribution in [1.82, 2.24) is 10.2 Å². The van der Waals surface area contributed by atoms with Crippen molar-refractivity contribution < 1.29 is 14.3 Å². The van der Waals surface area contributed by atoms with Crippen LogP contribution in [0.1, 0.15) is 63.0 Å². The molecule has 2 amide bonds. The predicted octanol–water partition coefficient (Wildman–Crippen LogP) is 2.82. The fourth-order valence-electron chi connectivity index (χ4n) is 6.18. The maximum Gasteiger partial charge on any atom is 0.238 e. The Morgan fingerprint density at radius 1 is 1.12 bits per heavy atom. The molecule has 3 atom stereocenters. The third-order valence-corrected chi connectivity index (χ3v) is 8.24. The van der Waals surface area contributed by atoms with Gasteiger partial charge in [-0.15, -0.1) is 0 Å². The Morgan fingerprint density at radius 3 is 2.38 bits per heavy atom. The molecule has 0 spiro atoms. The number of primary amides is 1. The van der Waals surface area contributed by atoms with Gasteiger partial charge in [0.05, 0.1) is 24.7 Å². The van der Waals surface area contributed by atoms with E-state index in [1.54, 1.807) is 7.05 Å². The Hall–Kier alpha value is -1.92. The van der Waals surface area contributed by atoms with Crippen LogP contribution < -0.4 is 11.1 Å². The molecular formula is C26H39N3O3. The number of nitrogens with two attached hydrogens (primary N) is 1. The number of amides is 2. The van der Waals surface area contributed by atoms with Gasteiger partial charge in [-0.25, -0.2) is 0 Å². The van der Waals surface area contributed by atoms with Crippen LogP contribution in [0.5, 0.6) is 0 Å². The number of fused-ring (bicyclic) bond motifs is 1. The Kier molecular flexibility index (Phi) is 7.21. The molecule has 1 saturated carbocycles. The molecule has 4 rings (SSSR count). The molecule has 6 heteroatoms. The highest BCUT2D eigenvalue weighted by Crippen LogP contribution is 2.38. The van der Waals surface area contributed by atoms with Crippen LogP contribution in [0.25, 0.3) is 0 Å². The summed E-state index contributed by atoms with van der Waals surface area (Å²) in [7, 11) is 1.75. The number of hydrogen-bond acceptors (Lipinski definition) is 4. The van der Waals surface area contributed by atoms with Crippen molar-refractivity contribution >= 4 is 11.8 Å². The SMILES string of the molecule is CNC(C)(C(N)=O)[C@@H](C(=O)N1CCC[C@H]1COC1Cc2ccccc2C1)C1CCCCC1. The number of carbonyl (C=O) groups is 2. The van der Waals surface area contributed by atoms with E-state index in [2.05, 4.69) is 29.6 Å². The van der Waals surface area contributed by atoms with Gasteiger partial charge in [0.2, 0.25) is 11.8 Å². The second kappa shape index (κ2) is 9.92. The molecular weight excluding hydrogens is 402 g/mol. The molecule has 176 valence electrons. The monoisotopic (exact) mass is 441 g/mol. The number of ether oxygens (including phenoxy) is 1. The average Bonchev–Trinajstić information content (AvgIpc) is 3.44. The molecule has 1 aromatic rings. The van der Waals surface area contributed by atoms with Crippen LogP contribution in [-0.2, 0) is 27.2 Å². The van der Waals surface area contributed by atoms with E-state index in [1.165, 1.54) is 17.5 Å². The standard InChI is InChI=1S/C26H39N3O3/c1-26(28-2,25(27)31)23(18-9-4-3-5-10-18)24(30)29-14-8-13-21(29)17-32-22-15-19-11-6-7-12-20(19)16-22/h6-7,11-12,18,21-23,28H,3-5,8-10,13-17H2,1-2H3,(H2,27,31)/t21-,23+,26?/m0/s1. The minimum Gasteiger partial charge on any atom is -0.375 e. The molecule has 6 nitrogen and oxygen atoms in total. The molecule has 1 aromatic carbocycles. The molecule has 1 aliphatic heterocycles. The van der Waals surface area contributed by atoms with E-state index in [0.717, 1.165) is 57.9 Å². The van der Waals surface area contributed by atoms with Gasteiger partial charge in [0.15, 0.2) is 0 Å². The van der Waals surface area contributed by atoms with Crippen LogP contribution in [0.15, 0.2) is 24.3 Å². The molecule has 2 fully saturated rings. The Morgan fingerprint density at radius 2 is 1.78 bits per heavy atom. The number of likely N-dealkylation sites (N-methyl/N-ethyl adjacent to an activating group) is 1. The third kappa shape index (κ3) is 4.58. The number of carbonyl (C=O) groups excluding carboxylic acids is 2. The summed E-state index contributed by atoms with van der Waals surface area (Å²) in [5.41, 5.74) is 7.56. The van der Waals surface area contributed by atoms with Crippen LogP contribution in [0.2, 0.25) is 0 Å². The number of benzene rings is 1. The van der Waals surface area contributed by atoms with Gasteiger partial charge in [0, 0.05) is 6.54 Å². The van der Waals surface area contributed by atoms with E-state index in [9.17, 15) is 9.59 Å². The first-order valence-corrected chi connectivity index (χ1v) is 12.4. The summed E-state index contributed by atoms with van der Waals surface area (Å²) in [4.78, 5) is 28.5. The van der Waals surface area contributed by atoms with Crippen molar-refractivity contribution in [3.8, 4) is 0 Å². The maximum atomic E-state index is 14.0. The van der Waals surface area contributed by atoms with Crippen molar-refractivity contribution in [3.63, 3.8) is 0 Å². The molecule has 0 bridgehead atoms. The highest BCUT2D eigenvalue weighted by atomic mass is 16.5. The summed E-state index contributed by atoms with van der Waals surface area (Å²) in [6.45, 7) is 3.11. The number of likely N-dealkylation sites (tertiary alicyclic amines) is 1. The Bertz CT molecular complexity index is 797. The molecule has 1 unspecified atom stereocenters. The first-order chi connectivity index (χ1) is 15.4. The van der Waals surface area contributed by atoms with Gasteiger partial charge in [-0.1, -0.05) is 43.5 Å². The third-order valence-electron chi connectivity index (χ3n) is 8.24. The van der Waals surface area contributed by atoms with E-state index in [-0.39, 0.29) is 24.0 Å². The molecule has 1 saturated heterocycles. The zero-order chi connectivity index (χ0) is 22.7. The summed E-state index contributed by atoms with van der Waals surface area (Å²) in [6, 6.07) is 8.61. The molecule has 3 aliphatic rings. The van der Waals surface area contributed by atoms with E-state index < -0.39 is 17.4 Å². The minimum absolute atomic E-state index is 0.0753. The number of hydrogen-bond donors (Lipinski definition) is 2. The van der Waals surface area contributed by atoms with E-state index >= 15 is 0 Å². The van der Waals surface area contributed by atoms with Gasteiger partial charge < -0.3 is 20.7 Å². The Balaban J connectivity index is 1.45. The molecule has 0 radical (unpaired) electrons. The van der Waals surface area contributed by atoms with E-state index in [1.807, 2.05) is 11.8 Å². The summed E-state index contributed by atoms with van der Waals surface area (Å²) in [5, 5.41) is 3.13. The largest absolute Gasteiger partial charge is 0.375 e. The van der Waals surface area contributed by atoms with Crippen molar-refractivity contribution in [2.45, 2.75) is 82.4 Å². The second-order valence-electron chi connectivity index (χ2n) is 10.2. The van der Waals surface area contributed by atoms with Crippen molar-refractivity contribution in [2.24, 2.45) is 17.6 Å². The predicted molar refractivity (Wildman–Crippen MR) is 125 cm³/mol. The van der Waals surface area contributed by atoms with Crippen LogP contribution in [-0.4, -0.2) is 54.6 Å². The van der Waals surface area contributed by atoms with Gasteiger partial charge in [-0.3, -0.25) is 9.59 Å². The molecule has 1 heterocycles. The van der Waals surface area contributed by atoms with Crippen molar-refractivity contribution in [1.29, 1.82) is 0 Å². The summed E-state index contributed by atoms with van der Waals surface area (Å²) < 4.78 is 6.33. The lowest BCUT2D eigenvalue weighted by molar-refractivity contribution is -0.148. The Labute approximate surface area is 192 Å². The zero-order valence-corrected chi connectivity index (χ0v) is 19.6. The van der Waals surface area contributed by atoms with Gasteiger partial charge in [-0.05, 0) is 69.5 Å². The first kappa shape index (κ1) is 23.2. The number of nitrogens with zero attached hydrogens (tertiary/aromatic N) is 1. The summed E-state index contributed by atoms with van der Waals surface area (Å²) in [6.07, 6.45) is 9.41. The van der Waals surface area contributed by atoms with Crippen molar-refractivity contribution in [2.75, 3.05) is 20.2 Å². The van der Waals surface area contributed by atoms with Gasteiger partial charge in [0.25, 0.3) is 0 Å². The smallest absolute Gasteiger partial charge is 0.238 e. The molecule has 3 N–H and O–H groups in total. The summed E-state index contributed by atoms with van der Waals surface area (Å²) in [5.74, 6) is -0.609.